The quantitative estimate of drug-likeness (QED) is 0.469. The van der Waals surface area contributed by atoms with Gasteiger partial charge in [0, 0.05) is 22.8 Å². The number of carbonyl (C=O) groups excluding carboxylic acids is 2. The summed E-state index contributed by atoms with van der Waals surface area (Å²) in [6, 6.07) is 13.0. The van der Waals surface area contributed by atoms with Crippen LogP contribution in [0.5, 0.6) is 0 Å². The van der Waals surface area contributed by atoms with E-state index in [0.29, 0.717) is 16.8 Å². The van der Waals surface area contributed by atoms with E-state index >= 15 is 0 Å². The highest BCUT2D eigenvalue weighted by Gasteiger charge is 2.38. The van der Waals surface area contributed by atoms with E-state index in [4.69, 9.17) is 0 Å². The van der Waals surface area contributed by atoms with Crippen LogP contribution in [0.1, 0.15) is 22.8 Å². The summed E-state index contributed by atoms with van der Waals surface area (Å²) in [6.45, 7) is 1.58. The van der Waals surface area contributed by atoms with Crippen molar-refractivity contribution in [2.24, 2.45) is 5.10 Å². The molecule has 9 heteroatoms. The fourth-order valence-electron chi connectivity index (χ4n) is 2.54. The number of para-hydroxylation sites is 1. The second-order valence-electron chi connectivity index (χ2n) is 5.92. The molecule has 0 fully saturated rings. The fourth-order valence-corrected chi connectivity index (χ4v) is 2.54. The van der Waals surface area contributed by atoms with Crippen LogP contribution < -0.4 is 10.7 Å². The Kier molecular flexibility index (Phi) is 5.16. The molecule has 2 amide bonds. The number of fused-ring (bicyclic) bond motifs is 1. The Morgan fingerprint density at radius 3 is 2.57 bits per heavy atom. The Hall–Kier alpha value is -3.62. The van der Waals surface area contributed by atoms with Gasteiger partial charge in [-0.1, -0.05) is 30.3 Å². The zero-order valence-electron chi connectivity index (χ0n) is 14.6. The normalized spacial score (nSPS) is 12.1. The Morgan fingerprint density at radius 1 is 1.07 bits per heavy atom. The van der Waals surface area contributed by atoms with Gasteiger partial charge in [0.05, 0.1) is 11.3 Å². The second kappa shape index (κ2) is 7.55. The van der Waals surface area contributed by atoms with Crippen molar-refractivity contribution in [3.8, 4) is 0 Å². The summed E-state index contributed by atoms with van der Waals surface area (Å²) in [5, 5.41) is 6.51. The van der Waals surface area contributed by atoms with Gasteiger partial charge < -0.3 is 10.3 Å². The summed E-state index contributed by atoms with van der Waals surface area (Å²) < 4.78 is 37.1. The van der Waals surface area contributed by atoms with Gasteiger partial charge in [-0.2, -0.15) is 18.3 Å². The number of nitrogens with one attached hydrogen (secondary N) is 3. The van der Waals surface area contributed by atoms with Crippen molar-refractivity contribution in [2.45, 2.75) is 13.1 Å². The highest BCUT2D eigenvalue weighted by molar-refractivity contribution is 6.08. The summed E-state index contributed by atoms with van der Waals surface area (Å²) in [6.07, 6.45) is -3.41. The van der Waals surface area contributed by atoms with E-state index in [1.807, 2.05) is 18.2 Å². The standard InChI is InChI=1S/C19H15F3N4O2/c1-11(12-5-4-6-13(9-12)24-18(28)19(20,21)22)25-26-17(27)15-10-23-16-8-3-2-7-14(15)16/h2-10,23H,1H3,(H,24,28)(H,26,27). The third-order valence-corrected chi connectivity index (χ3v) is 3.95. The lowest BCUT2D eigenvalue weighted by molar-refractivity contribution is -0.167. The Balaban J connectivity index is 1.74. The second-order valence-corrected chi connectivity index (χ2v) is 5.92. The lowest BCUT2D eigenvalue weighted by Crippen LogP contribution is -2.29. The van der Waals surface area contributed by atoms with Crippen molar-refractivity contribution in [1.82, 2.24) is 10.4 Å². The molecule has 0 saturated heterocycles. The molecule has 144 valence electrons. The molecular formula is C19H15F3N4O2. The Labute approximate surface area is 157 Å². The number of hydrazone groups is 1. The molecule has 28 heavy (non-hydrogen) atoms. The maximum Gasteiger partial charge on any atom is 0.471 e. The SMILES string of the molecule is CC(=NNC(=O)c1c[nH]c2ccccc12)c1cccc(NC(=O)C(F)(F)F)c1. The number of benzene rings is 2. The molecule has 0 aliphatic rings. The molecule has 0 aliphatic carbocycles. The number of carbonyl (C=O) groups is 2. The fraction of sp³-hybridized carbons (Fsp3) is 0.105. The number of H-pyrrole nitrogens is 1. The van der Waals surface area contributed by atoms with E-state index in [1.165, 1.54) is 18.2 Å². The van der Waals surface area contributed by atoms with Crippen molar-refractivity contribution >= 4 is 34.1 Å². The molecule has 6 nitrogen and oxygen atoms in total. The first kappa shape index (κ1) is 19.2. The largest absolute Gasteiger partial charge is 0.471 e. The lowest BCUT2D eigenvalue weighted by Gasteiger charge is -2.09. The molecule has 1 heterocycles. The van der Waals surface area contributed by atoms with Gasteiger partial charge in [-0.25, -0.2) is 5.43 Å². The summed E-state index contributed by atoms with van der Waals surface area (Å²) >= 11 is 0. The minimum atomic E-state index is -4.98. The summed E-state index contributed by atoms with van der Waals surface area (Å²) in [4.78, 5) is 26.4. The first-order valence-electron chi connectivity index (χ1n) is 8.15. The zero-order chi connectivity index (χ0) is 20.3. The van der Waals surface area contributed by atoms with Crippen molar-refractivity contribution < 1.29 is 22.8 Å². The van der Waals surface area contributed by atoms with Crippen molar-refractivity contribution in [3.63, 3.8) is 0 Å². The molecule has 2 aromatic carbocycles. The monoisotopic (exact) mass is 388 g/mol. The third-order valence-electron chi connectivity index (χ3n) is 3.95. The molecule has 0 saturated carbocycles. The van der Waals surface area contributed by atoms with Crippen LogP contribution in [0.15, 0.2) is 59.8 Å². The summed E-state index contributed by atoms with van der Waals surface area (Å²) in [5.41, 5.74) is 4.41. The minimum Gasteiger partial charge on any atom is -0.360 e. The highest BCUT2D eigenvalue weighted by Crippen LogP contribution is 2.20. The first-order chi connectivity index (χ1) is 13.3. The summed E-state index contributed by atoms with van der Waals surface area (Å²) in [5.74, 6) is -2.50. The van der Waals surface area contributed by atoms with E-state index in [0.717, 1.165) is 10.9 Å². The lowest BCUT2D eigenvalue weighted by atomic mass is 10.1. The summed E-state index contributed by atoms with van der Waals surface area (Å²) in [7, 11) is 0. The predicted octanol–water partition coefficient (Wildman–Crippen LogP) is 3.82. The average Bonchev–Trinajstić information content (AvgIpc) is 3.09. The Morgan fingerprint density at radius 2 is 1.82 bits per heavy atom. The molecule has 0 radical (unpaired) electrons. The van der Waals surface area contributed by atoms with Gasteiger partial charge in [0.15, 0.2) is 0 Å². The van der Waals surface area contributed by atoms with E-state index in [2.05, 4.69) is 15.5 Å². The Bertz CT molecular complexity index is 1070. The van der Waals surface area contributed by atoms with Crippen LogP contribution in [0.4, 0.5) is 18.9 Å². The molecule has 3 aromatic rings. The van der Waals surface area contributed by atoms with Gasteiger partial charge in [-0.3, -0.25) is 9.59 Å². The molecule has 3 rings (SSSR count). The number of halogens is 3. The van der Waals surface area contributed by atoms with Crippen LogP contribution in [0.3, 0.4) is 0 Å². The number of hydrogen-bond donors (Lipinski definition) is 3. The van der Waals surface area contributed by atoms with Crippen LogP contribution in [0, 0.1) is 0 Å². The number of aromatic amines is 1. The molecule has 0 aliphatic heterocycles. The van der Waals surface area contributed by atoms with Gasteiger partial charge in [0.2, 0.25) is 0 Å². The third kappa shape index (κ3) is 4.20. The van der Waals surface area contributed by atoms with Gasteiger partial charge in [0.1, 0.15) is 0 Å². The van der Waals surface area contributed by atoms with Gasteiger partial charge in [0.25, 0.3) is 5.91 Å². The van der Waals surface area contributed by atoms with E-state index in [1.54, 1.807) is 30.6 Å². The van der Waals surface area contributed by atoms with Gasteiger partial charge >= 0.3 is 12.1 Å². The van der Waals surface area contributed by atoms with Crippen molar-refractivity contribution in [1.29, 1.82) is 0 Å². The molecule has 0 spiro atoms. The molecule has 0 unspecified atom stereocenters. The average molecular weight is 388 g/mol. The van der Waals surface area contributed by atoms with Gasteiger partial charge in [-0.05, 0) is 30.7 Å². The maximum absolute atomic E-state index is 12.4. The number of aromatic nitrogens is 1. The number of hydrogen-bond acceptors (Lipinski definition) is 3. The minimum absolute atomic E-state index is 0.0302. The van der Waals surface area contributed by atoms with Crippen LogP contribution >= 0.6 is 0 Å². The van der Waals surface area contributed by atoms with Gasteiger partial charge in [-0.15, -0.1) is 0 Å². The number of amides is 2. The smallest absolute Gasteiger partial charge is 0.360 e. The van der Waals surface area contributed by atoms with Crippen LogP contribution in [0.2, 0.25) is 0 Å². The molecule has 0 bridgehead atoms. The molecule has 0 atom stereocenters. The molecule has 1 aromatic heterocycles. The van der Waals surface area contributed by atoms with Crippen molar-refractivity contribution in [3.05, 3.63) is 65.9 Å². The number of nitrogens with zero attached hydrogens (tertiary/aromatic N) is 1. The van der Waals surface area contributed by atoms with E-state index < -0.39 is 18.0 Å². The first-order valence-corrected chi connectivity index (χ1v) is 8.15. The van der Waals surface area contributed by atoms with Crippen molar-refractivity contribution in [2.75, 3.05) is 5.32 Å². The van der Waals surface area contributed by atoms with E-state index in [9.17, 15) is 22.8 Å². The van der Waals surface area contributed by atoms with Crippen LogP contribution in [-0.2, 0) is 4.79 Å². The number of alkyl halides is 3. The number of rotatable bonds is 4. The zero-order valence-corrected chi connectivity index (χ0v) is 14.6. The van der Waals surface area contributed by atoms with E-state index in [-0.39, 0.29) is 5.69 Å². The maximum atomic E-state index is 12.4. The molecule has 3 N–H and O–H groups in total. The highest BCUT2D eigenvalue weighted by atomic mass is 19.4. The number of anilines is 1. The predicted molar refractivity (Wildman–Crippen MR) is 99.1 cm³/mol. The van der Waals surface area contributed by atoms with Crippen LogP contribution in [0.25, 0.3) is 10.9 Å². The molecular weight excluding hydrogens is 373 g/mol. The topological polar surface area (TPSA) is 86.3 Å². The van der Waals surface area contributed by atoms with Crippen LogP contribution in [-0.4, -0.2) is 28.7 Å².